The Morgan fingerprint density at radius 2 is 1.52 bits per heavy atom. The van der Waals surface area contributed by atoms with Crippen molar-refractivity contribution in [1.82, 2.24) is 4.90 Å². The normalized spacial score (nSPS) is 14.9. The smallest absolute Gasteiger partial charge is 0.257 e. The van der Waals surface area contributed by atoms with E-state index < -0.39 is 5.82 Å². The highest BCUT2D eigenvalue weighted by Gasteiger charge is 2.24. The molecule has 2 aromatic carbocycles. The third-order valence-electron chi connectivity index (χ3n) is 3.92. The Morgan fingerprint density at radius 1 is 0.913 bits per heavy atom. The van der Waals surface area contributed by atoms with E-state index in [2.05, 4.69) is 4.90 Å². The van der Waals surface area contributed by atoms with Crippen molar-refractivity contribution < 1.29 is 9.18 Å². The first-order chi connectivity index (χ1) is 11.0. The van der Waals surface area contributed by atoms with Crippen LogP contribution in [-0.2, 0) is 0 Å². The zero-order valence-electron chi connectivity index (χ0n) is 12.3. The molecule has 1 heterocycles. The second-order valence-corrected chi connectivity index (χ2v) is 6.25. The summed E-state index contributed by atoms with van der Waals surface area (Å²) in [5.41, 5.74) is 1.09. The zero-order valence-corrected chi connectivity index (χ0v) is 13.8. The third kappa shape index (κ3) is 3.59. The summed E-state index contributed by atoms with van der Waals surface area (Å²) in [6.45, 7) is 2.45. The van der Waals surface area contributed by atoms with Crippen LogP contribution in [-0.4, -0.2) is 37.0 Å². The van der Waals surface area contributed by atoms with Crippen molar-refractivity contribution in [2.75, 3.05) is 31.1 Å². The van der Waals surface area contributed by atoms with Gasteiger partial charge in [-0.3, -0.25) is 4.79 Å². The maximum atomic E-state index is 13.8. The van der Waals surface area contributed by atoms with Crippen molar-refractivity contribution >= 4 is 34.8 Å². The maximum absolute atomic E-state index is 13.8. The molecule has 120 valence electrons. The van der Waals surface area contributed by atoms with Crippen LogP contribution in [0.15, 0.2) is 42.5 Å². The van der Waals surface area contributed by atoms with E-state index in [1.54, 1.807) is 4.90 Å². The largest absolute Gasteiger partial charge is 0.368 e. The molecule has 0 aromatic heterocycles. The summed E-state index contributed by atoms with van der Waals surface area (Å²) in [6.07, 6.45) is 0. The molecule has 1 aliphatic heterocycles. The quantitative estimate of drug-likeness (QED) is 0.812. The minimum absolute atomic E-state index is 0.0254. The maximum Gasteiger partial charge on any atom is 0.257 e. The van der Waals surface area contributed by atoms with Gasteiger partial charge in [-0.15, -0.1) is 0 Å². The Kier molecular flexibility index (Phi) is 4.74. The molecular weight excluding hydrogens is 338 g/mol. The lowest BCUT2D eigenvalue weighted by atomic mass is 10.1. The molecule has 2 aromatic rings. The Balaban J connectivity index is 1.67. The third-order valence-corrected chi connectivity index (χ3v) is 4.40. The average Bonchev–Trinajstić information content (AvgIpc) is 2.57. The second-order valence-electron chi connectivity index (χ2n) is 5.38. The van der Waals surface area contributed by atoms with E-state index in [4.69, 9.17) is 23.2 Å². The fraction of sp³-hybridized carbons (Fsp3) is 0.235. The standard InChI is InChI=1S/C17H15Cl2FN2O/c18-12-1-4-14(5-2-12)21-7-9-22(10-8-21)17(23)15-11-13(19)3-6-16(15)20/h1-6,11H,7-10H2. The first kappa shape index (κ1) is 16.1. The summed E-state index contributed by atoms with van der Waals surface area (Å²) < 4.78 is 13.8. The van der Waals surface area contributed by atoms with Gasteiger partial charge in [-0.25, -0.2) is 4.39 Å². The lowest BCUT2D eigenvalue weighted by Crippen LogP contribution is -2.49. The fourth-order valence-corrected chi connectivity index (χ4v) is 2.95. The van der Waals surface area contributed by atoms with Crippen molar-refractivity contribution in [3.05, 3.63) is 63.9 Å². The SMILES string of the molecule is O=C(c1cc(Cl)ccc1F)N1CCN(c2ccc(Cl)cc2)CC1. The van der Waals surface area contributed by atoms with E-state index in [9.17, 15) is 9.18 Å². The summed E-state index contributed by atoms with van der Waals surface area (Å²) >= 11 is 11.8. The van der Waals surface area contributed by atoms with Crippen LogP contribution in [0.1, 0.15) is 10.4 Å². The van der Waals surface area contributed by atoms with Crippen LogP contribution < -0.4 is 4.90 Å². The van der Waals surface area contributed by atoms with Gasteiger partial charge >= 0.3 is 0 Å². The van der Waals surface area contributed by atoms with Gasteiger partial charge in [0.2, 0.25) is 0 Å². The summed E-state index contributed by atoms with van der Waals surface area (Å²) in [4.78, 5) is 16.3. The Bertz CT molecular complexity index is 713. The molecule has 1 aliphatic rings. The summed E-state index contributed by atoms with van der Waals surface area (Å²) in [6, 6.07) is 11.6. The van der Waals surface area contributed by atoms with Crippen molar-refractivity contribution in [2.24, 2.45) is 0 Å². The number of anilines is 1. The number of hydrogen-bond acceptors (Lipinski definition) is 2. The van der Waals surface area contributed by atoms with Gasteiger partial charge in [-0.1, -0.05) is 23.2 Å². The molecule has 3 nitrogen and oxygen atoms in total. The number of halogens is 3. The Hall–Kier alpha value is -1.78. The van der Waals surface area contributed by atoms with Gasteiger partial charge in [0.15, 0.2) is 0 Å². The molecule has 0 spiro atoms. The predicted octanol–water partition coefficient (Wildman–Crippen LogP) is 4.09. The molecule has 3 rings (SSSR count). The molecular formula is C17H15Cl2FN2O. The van der Waals surface area contributed by atoms with E-state index in [1.807, 2.05) is 24.3 Å². The van der Waals surface area contributed by atoms with Crippen molar-refractivity contribution in [3.8, 4) is 0 Å². The van der Waals surface area contributed by atoms with Gasteiger partial charge in [0.05, 0.1) is 5.56 Å². The summed E-state index contributed by atoms with van der Waals surface area (Å²) in [7, 11) is 0. The zero-order chi connectivity index (χ0) is 16.4. The highest BCUT2D eigenvalue weighted by molar-refractivity contribution is 6.31. The summed E-state index contributed by atoms with van der Waals surface area (Å²) in [5, 5.41) is 1.05. The van der Waals surface area contributed by atoms with Gasteiger partial charge in [-0.2, -0.15) is 0 Å². The number of carbonyl (C=O) groups is 1. The summed E-state index contributed by atoms with van der Waals surface area (Å²) in [5.74, 6) is -0.861. The molecule has 23 heavy (non-hydrogen) atoms. The van der Waals surface area contributed by atoms with E-state index in [0.717, 1.165) is 5.69 Å². The molecule has 0 radical (unpaired) electrons. The lowest BCUT2D eigenvalue weighted by Gasteiger charge is -2.36. The lowest BCUT2D eigenvalue weighted by molar-refractivity contribution is 0.0742. The fourth-order valence-electron chi connectivity index (χ4n) is 2.65. The minimum Gasteiger partial charge on any atom is -0.368 e. The van der Waals surface area contributed by atoms with Crippen LogP contribution in [0, 0.1) is 5.82 Å². The molecule has 1 fully saturated rings. The van der Waals surface area contributed by atoms with Gasteiger partial charge in [-0.05, 0) is 42.5 Å². The number of benzene rings is 2. The average molecular weight is 353 g/mol. The predicted molar refractivity (Wildman–Crippen MR) is 91.0 cm³/mol. The monoisotopic (exact) mass is 352 g/mol. The molecule has 0 bridgehead atoms. The van der Waals surface area contributed by atoms with Crippen LogP contribution in [0.2, 0.25) is 10.0 Å². The highest BCUT2D eigenvalue weighted by atomic mass is 35.5. The second kappa shape index (κ2) is 6.77. The van der Waals surface area contributed by atoms with Gasteiger partial charge in [0.1, 0.15) is 5.82 Å². The molecule has 0 aliphatic carbocycles. The molecule has 6 heteroatoms. The van der Waals surface area contributed by atoms with Crippen LogP contribution in [0.3, 0.4) is 0 Å². The molecule has 0 atom stereocenters. The number of carbonyl (C=O) groups excluding carboxylic acids is 1. The minimum atomic E-state index is -0.542. The van der Waals surface area contributed by atoms with E-state index in [0.29, 0.717) is 36.2 Å². The molecule has 0 N–H and O–H groups in total. The number of amides is 1. The molecule has 0 saturated carbocycles. The number of piperazine rings is 1. The number of nitrogens with zero attached hydrogens (tertiary/aromatic N) is 2. The first-order valence-electron chi connectivity index (χ1n) is 7.29. The van der Waals surface area contributed by atoms with Crippen LogP contribution in [0.4, 0.5) is 10.1 Å². The Labute approximate surface area is 144 Å². The number of hydrogen-bond donors (Lipinski definition) is 0. The van der Waals surface area contributed by atoms with Crippen LogP contribution in [0.25, 0.3) is 0 Å². The highest BCUT2D eigenvalue weighted by Crippen LogP contribution is 2.21. The molecule has 0 unspecified atom stereocenters. The van der Waals surface area contributed by atoms with Crippen molar-refractivity contribution in [2.45, 2.75) is 0 Å². The van der Waals surface area contributed by atoms with E-state index in [1.165, 1.54) is 18.2 Å². The van der Waals surface area contributed by atoms with E-state index >= 15 is 0 Å². The van der Waals surface area contributed by atoms with Crippen LogP contribution in [0.5, 0.6) is 0 Å². The van der Waals surface area contributed by atoms with Gasteiger partial charge < -0.3 is 9.80 Å². The first-order valence-corrected chi connectivity index (χ1v) is 8.05. The van der Waals surface area contributed by atoms with Crippen LogP contribution >= 0.6 is 23.2 Å². The van der Waals surface area contributed by atoms with E-state index in [-0.39, 0.29) is 11.5 Å². The topological polar surface area (TPSA) is 23.6 Å². The van der Waals surface area contributed by atoms with Crippen molar-refractivity contribution in [1.29, 1.82) is 0 Å². The Morgan fingerprint density at radius 3 is 2.17 bits per heavy atom. The van der Waals surface area contributed by atoms with Gasteiger partial charge in [0.25, 0.3) is 5.91 Å². The molecule has 1 amide bonds. The molecule has 1 saturated heterocycles. The number of rotatable bonds is 2. The van der Waals surface area contributed by atoms with Gasteiger partial charge in [0, 0.05) is 41.9 Å². The van der Waals surface area contributed by atoms with Crippen molar-refractivity contribution in [3.63, 3.8) is 0 Å².